The van der Waals surface area contributed by atoms with Crippen molar-refractivity contribution in [2.75, 3.05) is 46.2 Å². The molecule has 484 valence electrons. The van der Waals surface area contributed by atoms with Gasteiger partial charge in [-0.2, -0.15) is 0 Å². The zero-order valence-corrected chi connectivity index (χ0v) is 48.4. The van der Waals surface area contributed by atoms with E-state index in [0.29, 0.717) is 48.3 Å². The number of ether oxygens (including phenoxy) is 12. The summed E-state index contributed by atoms with van der Waals surface area (Å²) in [4.78, 5) is 0. The van der Waals surface area contributed by atoms with Crippen LogP contribution in [0.3, 0.4) is 0 Å². The maximum Gasteiger partial charge on any atom is 0.187 e. The molecule has 11 rings (SSSR count). The SMILES string of the molecule is C[C@@H]1CC[C@@]2(OC1)OC1C[C@H]3[C@@H]4CC[C@H]5C[C@@H](O[C@@H]6O[C@H](CO)[C@H](O[C@@H]7O[C@H](CO)[C@@H](O)[C@H](O[C@@H]8O[C@H](CO)[C@@H](O[C@@H]9OC[C@](C)(CO)[C@H]9O)[C@H](O)[C@H]8O)[C@H]7O[C@@H]7O[C@H](CO)[C@@H](O)[C@H](O)[C@H]7O)[C@H](O)[C@H]6O)[C@H](O)C[C@]5(C)[C@H]4CC[C@]3(C)C1[C@@H]2C. The fourth-order valence-corrected chi connectivity index (χ4v) is 17.5. The van der Waals surface area contributed by atoms with Crippen molar-refractivity contribution in [2.24, 2.45) is 57.7 Å². The molecule has 27 nitrogen and oxygen atoms in total. The minimum Gasteiger partial charge on any atom is -0.396 e. The summed E-state index contributed by atoms with van der Waals surface area (Å²) in [5, 5.41) is 166. The van der Waals surface area contributed by atoms with Gasteiger partial charge in [0.1, 0.15) is 104 Å². The Bertz CT molecular complexity index is 2190. The Morgan fingerprint density at radius 1 is 0.500 bits per heavy atom. The van der Waals surface area contributed by atoms with Gasteiger partial charge >= 0.3 is 0 Å². The van der Waals surface area contributed by atoms with Gasteiger partial charge in [0.15, 0.2) is 37.2 Å². The van der Waals surface area contributed by atoms with Crippen molar-refractivity contribution in [1.82, 2.24) is 0 Å². The third-order valence-electron chi connectivity index (χ3n) is 22.6. The van der Waals surface area contributed by atoms with Crippen LogP contribution in [0.5, 0.6) is 0 Å². The Morgan fingerprint density at radius 2 is 1.06 bits per heavy atom. The molecule has 4 aliphatic carbocycles. The maximum absolute atomic E-state index is 12.1. The van der Waals surface area contributed by atoms with Crippen molar-refractivity contribution in [3.05, 3.63) is 0 Å². The molecule has 7 aliphatic heterocycles. The molecule has 1 spiro atoms. The molecule has 7 saturated heterocycles. The summed E-state index contributed by atoms with van der Waals surface area (Å²) in [6.07, 6.45) is -34.0. The number of hydrogen-bond acceptors (Lipinski definition) is 27. The minimum atomic E-state index is -2.11. The molecule has 0 aromatic heterocycles. The Balaban J connectivity index is 0.781. The van der Waals surface area contributed by atoms with Crippen LogP contribution in [0.1, 0.15) is 92.4 Å². The van der Waals surface area contributed by atoms with Gasteiger partial charge in [0, 0.05) is 17.8 Å². The molecule has 4 saturated carbocycles. The van der Waals surface area contributed by atoms with E-state index in [-0.39, 0.29) is 29.5 Å². The average molecular weight is 1210 g/mol. The van der Waals surface area contributed by atoms with Crippen molar-refractivity contribution in [3.8, 4) is 0 Å². The van der Waals surface area contributed by atoms with Crippen LogP contribution < -0.4 is 0 Å². The summed E-state index contributed by atoms with van der Waals surface area (Å²) in [5.41, 5.74) is -1.27. The van der Waals surface area contributed by atoms with Crippen LogP contribution in [-0.2, 0) is 56.8 Å². The molecule has 27 heteroatoms. The number of aliphatic hydroxyl groups excluding tert-OH is 15. The summed E-state index contributed by atoms with van der Waals surface area (Å²) in [6, 6.07) is 0. The van der Waals surface area contributed by atoms with Crippen molar-refractivity contribution in [2.45, 2.75) is 252 Å². The normalized spacial score (nSPS) is 57.6. The van der Waals surface area contributed by atoms with Crippen LogP contribution >= 0.6 is 0 Å². The van der Waals surface area contributed by atoms with Gasteiger partial charge in [0.2, 0.25) is 0 Å². The van der Waals surface area contributed by atoms with Crippen LogP contribution in [0, 0.1) is 57.7 Å². The quantitative estimate of drug-likeness (QED) is 0.0692. The molecule has 0 aromatic rings. The highest BCUT2D eigenvalue weighted by molar-refractivity contribution is 5.16. The fraction of sp³-hybridized carbons (Fsp3) is 1.00. The van der Waals surface area contributed by atoms with E-state index in [1.807, 2.05) is 0 Å². The molecule has 2 unspecified atom stereocenters. The number of fused-ring (bicyclic) bond motifs is 7. The third-order valence-corrected chi connectivity index (χ3v) is 22.6. The highest BCUT2D eigenvalue weighted by Crippen LogP contribution is 2.71. The largest absolute Gasteiger partial charge is 0.396 e. The third kappa shape index (κ3) is 11.0. The van der Waals surface area contributed by atoms with Crippen LogP contribution in [0.4, 0.5) is 0 Å². The highest BCUT2D eigenvalue weighted by atomic mass is 16.8. The zero-order valence-electron chi connectivity index (χ0n) is 48.4. The van der Waals surface area contributed by atoms with E-state index in [0.717, 1.165) is 51.6 Å². The van der Waals surface area contributed by atoms with E-state index >= 15 is 0 Å². The first-order valence-electron chi connectivity index (χ1n) is 30.6. The number of aliphatic hydroxyl groups is 15. The van der Waals surface area contributed by atoms with Gasteiger partial charge in [-0.25, -0.2) is 0 Å². The van der Waals surface area contributed by atoms with E-state index in [1.54, 1.807) is 0 Å². The van der Waals surface area contributed by atoms with Gasteiger partial charge < -0.3 is 133 Å². The van der Waals surface area contributed by atoms with E-state index in [1.165, 1.54) is 6.92 Å². The van der Waals surface area contributed by atoms with Crippen molar-refractivity contribution in [1.29, 1.82) is 0 Å². The molecule has 0 aromatic carbocycles. The first kappa shape index (κ1) is 64.4. The second-order valence-corrected chi connectivity index (χ2v) is 27.5. The number of rotatable bonds is 15. The first-order chi connectivity index (χ1) is 39.9. The predicted octanol–water partition coefficient (Wildman–Crippen LogP) is -4.20. The van der Waals surface area contributed by atoms with E-state index in [4.69, 9.17) is 56.8 Å². The lowest BCUT2D eigenvalue weighted by Gasteiger charge is -2.62. The molecule has 11 aliphatic rings. The lowest BCUT2D eigenvalue weighted by molar-refractivity contribution is -0.408. The van der Waals surface area contributed by atoms with Gasteiger partial charge in [0.25, 0.3) is 0 Å². The molecule has 84 heavy (non-hydrogen) atoms. The molecule has 36 atom stereocenters. The highest BCUT2D eigenvalue weighted by Gasteiger charge is 2.70. The lowest BCUT2D eigenvalue weighted by atomic mass is 9.44. The molecule has 7 heterocycles. The predicted molar refractivity (Wildman–Crippen MR) is 279 cm³/mol. The number of hydrogen-bond donors (Lipinski definition) is 15. The minimum absolute atomic E-state index is 0.107. The topological polar surface area (TPSA) is 414 Å². The van der Waals surface area contributed by atoms with Gasteiger partial charge in [-0.3, -0.25) is 0 Å². The van der Waals surface area contributed by atoms with Crippen LogP contribution in [0.15, 0.2) is 0 Å². The van der Waals surface area contributed by atoms with Crippen molar-refractivity contribution < 1.29 is 133 Å². The van der Waals surface area contributed by atoms with Gasteiger partial charge in [-0.05, 0) is 97.7 Å². The van der Waals surface area contributed by atoms with Crippen LogP contribution in [0.2, 0.25) is 0 Å². The van der Waals surface area contributed by atoms with Gasteiger partial charge in [0.05, 0.1) is 64.6 Å². The van der Waals surface area contributed by atoms with Gasteiger partial charge in [-0.15, -0.1) is 0 Å². The van der Waals surface area contributed by atoms with E-state index in [2.05, 4.69) is 27.7 Å². The molecule has 0 radical (unpaired) electrons. The molecule has 15 N–H and O–H groups in total. The Morgan fingerprint density at radius 3 is 1.65 bits per heavy atom. The van der Waals surface area contributed by atoms with Crippen molar-refractivity contribution in [3.63, 3.8) is 0 Å². The summed E-state index contributed by atoms with van der Waals surface area (Å²) in [7, 11) is 0. The van der Waals surface area contributed by atoms with E-state index < -0.39 is 192 Å². The maximum atomic E-state index is 12.1. The molecular weight excluding hydrogens is 1120 g/mol. The molecular formula is C57H94O27. The second kappa shape index (κ2) is 24.9. The lowest BCUT2D eigenvalue weighted by Crippen LogP contribution is -2.69. The Labute approximate surface area is 487 Å². The first-order valence-corrected chi connectivity index (χ1v) is 30.6. The summed E-state index contributed by atoms with van der Waals surface area (Å²) in [5.74, 6) is 2.16. The van der Waals surface area contributed by atoms with Crippen LogP contribution in [-0.4, -0.2) is 282 Å². The van der Waals surface area contributed by atoms with Crippen LogP contribution in [0.25, 0.3) is 0 Å². The average Bonchev–Trinajstić information content (AvgIpc) is 1.70. The molecule has 0 amide bonds. The van der Waals surface area contributed by atoms with E-state index in [9.17, 15) is 76.6 Å². The zero-order chi connectivity index (χ0) is 60.3. The molecule has 0 bridgehead atoms. The Hall–Kier alpha value is -1.08. The molecule has 11 fully saturated rings. The summed E-state index contributed by atoms with van der Waals surface area (Å²) < 4.78 is 73.5. The smallest absolute Gasteiger partial charge is 0.187 e. The van der Waals surface area contributed by atoms with Gasteiger partial charge in [-0.1, -0.05) is 34.6 Å². The summed E-state index contributed by atoms with van der Waals surface area (Å²) >= 11 is 0. The Kier molecular flexibility index (Phi) is 19.1. The fourth-order valence-electron chi connectivity index (χ4n) is 17.5. The standard InChI is InChI=1S/C57H94O27/c1-22-8-11-57(74-19-22)23(2)35-30(84-57)13-27-25-7-6-24-12-29(28(63)14-56(24,5)26(25)9-10-55(27,35)4)75-49-42(70)39(67)44(33(17-60)78-49)80-52-47(83-50-41(69)38(66)36(64)31(15-58)76-50)46(37(65)32(16-59)77-52)82-51-43(71)40(68)45(34(18-61)79-51)81-53-48(72)54(3,20-62)21-73-53/h22-53,58-72H,6-21H2,1-5H3/t22-,23+,24+,25-,26+,27+,28-,29-,30?,31-,32-,33-,34-,35?,36-,37-,38+,39-,40-,41-,42-,43-,44+,45-,46+,47-,48+,49-,50+,51+,52+,53+,54+,55+,56+,57-/m1/s1. The second-order valence-electron chi connectivity index (χ2n) is 27.5. The monoisotopic (exact) mass is 1210 g/mol. The summed E-state index contributed by atoms with van der Waals surface area (Å²) in [6.45, 7) is 7.30. The van der Waals surface area contributed by atoms with Crippen molar-refractivity contribution >= 4 is 0 Å².